The number of carbonyl (C=O) groups is 1. The van der Waals surface area contributed by atoms with Crippen LogP contribution in [0.15, 0.2) is 42.5 Å². The van der Waals surface area contributed by atoms with E-state index in [1.54, 1.807) is 37.5 Å². The highest BCUT2D eigenvalue weighted by molar-refractivity contribution is 6.35. The summed E-state index contributed by atoms with van der Waals surface area (Å²) in [5.41, 5.74) is 6.72. The van der Waals surface area contributed by atoms with Gasteiger partial charge in [0, 0.05) is 16.7 Å². The van der Waals surface area contributed by atoms with Crippen LogP contribution in [-0.4, -0.2) is 13.0 Å². The van der Waals surface area contributed by atoms with E-state index in [0.717, 1.165) is 11.1 Å². The average Bonchev–Trinajstić information content (AvgIpc) is 2.52. The monoisotopic (exact) mass is 351 g/mol. The number of nitrogens with two attached hydrogens (primary N) is 1. The molecule has 0 radical (unpaired) electrons. The summed E-state index contributed by atoms with van der Waals surface area (Å²) in [7, 11) is 1.58. The second-order valence-corrected chi connectivity index (χ2v) is 5.51. The van der Waals surface area contributed by atoms with E-state index in [1.165, 1.54) is 6.08 Å². The van der Waals surface area contributed by atoms with Crippen molar-refractivity contribution in [3.63, 3.8) is 0 Å². The zero-order valence-electron chi connectivity index (χ0n) is 12.4. The fourth-order valence-electron chi connectivity index (χ4n) is 1.94. The third kappa shape index (κ3) is 4.91. The lowest BCUT2D eigenvalue weighted by molar-refractivity contribution is -0.113. The van der Waals surface area contributed by atoms with Crippen molar-refractivity contribution in [2.45, 2.75) is 6.61 Å². The van der Waals surface area contributed by atoms with Gasteiger partial charge in [-0.2, -0.15) is 0 Å². The predicted molar refractivity (Wildman–Crippen MR) is 92.0 cm³/mol. The van der Waals surface area contributed by atoms with Gasteiger partial charge in [-0.05, 0) is 42.0 Å². The number of amides is 1. The lowest BCUT2D eigenvalue weighted by Crippen LogP contribution is -2.05. The van der Waals surface area contributed by atoms with Crippen LogP contribution in [-0.2, 0) is 11.4 Å². The second kappa shape index (κ2) is 7.90. The van der Waals surface area contributed by atoms with E-state index in [2.05, 4.69) is 0 Å². The molecule has 0 atom stereocenters. The minimum Gasteiger partial charge on any atom is -0.496 e. The maximum atomic E-state index is 10.8. The minimum absolute atomic E-state index is 0.253. The van der Waals surface area contributed by atoms with Gasteiger partial charge >= 0.3 is 0 Å². The Morgan fingerprint density at radius 3 is 2.57 bits per heavy atom. The lowest BCUT2D eigenvalue weighted by atomic mass is 10.1. The zero-order valence-corrected chi connectivity index (χ0v) is 13.9. The van der Waals surface area contributed by atoms with Gasteiger partial charge in [0.25, 0.3) is 0 Å². The number of halogens is 2. The topological polar surface area (TPSA) is 61.5 Å². The zero-order chi connectivity index (χ0) is 16.8. The Morgan fingerprint density at radius 1 is 1.17 bits per heavy atom. The summed E-state index contributed by atoms with van der Waals surface area (Å²) in [6.07, 6.45) is 2.92. The van der Waals surface area contributed by atoms with E-state index in [9.17, 15) is 4.79 Å². The highest BCUT2D eigenvalue weighted by atomic mass is 35.5. The molecule has 2 aromatic carbocycles. The van der Waals surface area contributed by atoms with Crippen molar-refractivity contribution in [3.05, 3.63) is 63.6 Å². The summed E-state index contributed by atoms with van der Waals surface area (Å²) in [5, 5.41) is 0.972. The van der Waals surface area contributed by atoms with Gasteiger partial charge in [-0.15, -0.1) is 0 Å². The number of benzene rings is 2. The fourth-order valence-corrected chi connectivity index (χ4v) is 2.40. The number of rotatable bonds is 6. The normalized spacial score (nSPS) is 10.7. The Morgan fingerprint density at radius 2 is 1.91 bits per heavy atom. The number of hydrogen-bond donors (Lipinski definition) is 1. The summed E-state index contributed by atoms with van der Waals surface area (Å²) >= 11 is 11.9. The van der Waals surface area contributed by atoms with Gasteiger partial charge in [-0.3, -0.25) is 4.79 Å². The van der Waals surface area contributed by atoms with Crippen molar-refractivity contribution in [2.24, 2.45) is 5.73 Å². The highest BCUT2D eigenvalue weighted by Crippen LogP contribution is 2.29. The largest absolute Gasteiger partial charge is 0.496 e. The number of ether oxygens (including phenoxy) is 2. The van der Waals surface area contributed by atoms with Crippen LogP contribution < -0.4 is 15.2 Å². The average molecular weight is 352 g/mol. The number of carbonyl (C=O) groups excluding carboxylic acids is 1. The molecule has 0 aliphatic carbocycles. The van der Waals surface area contributed by atoms with Crippen molar-refractivity contribution in [1.82, 2.24) is 0 Å². The first kappa shape index (κ1) is 17.2. The molecule has 2 N–H and O–H groups in total. The first-order valence-electron chi connectivity index (χ1n) is 6.72. The van der Waals surface area contributed by atoms with Crippen LogP contribution in [0, 0.1) is 0 Å². The summed E-state index contributed by atoms with van der Waals surface area (Å²) in [4.78, 5) is 10.8. The smallest absolute Gasteiger partial charge is 0.241 e. The Balaban J connectivity index is 2.20. The molecule has 0 aromatic heterocycles. The van der Waals surface area contributed by atoms with Crippen LogP contribution in [0.25, 0.3) is 6.08 Å². The third-order valence-corrected chi connectivity index (χ3v) is 3.55. The summed E-state index contributed by atoms with van der Waals surface area (Å²) in [6.45, 7) is 0.253. The summed E-state index contributed by atoms with van der Waals surface area (Å²) < 4.78 is 11.0. The van der Waals surface area contributed by atoms with Crippen molar-refractivity contribution >= 4 is 35.2 Å². The van der Waals surface area contributed by atoms with Crippen LogP contribution in [0.1, 0.15) is 11.1 Å². The Labute approximate surface area is 144 Å². The molecule has 0 heterocycles. The van der Waals surface area contributed by atoms with Crippen LogP contribution in [0.2, 0.25) is 10.0 Å². The highest BCUT2D eigenvalue weighted by Gasteiger charge is 2.07. The Hall–Kier alpha value is -2.17. The fraction of sp³-hybridized carbons (Fsp3) is 0.118. The third-order valence-electron chi connectivity index (χ3n) is 3.02. The SMILES string of the molecule is COc1ccc(/C=C\C(N)=O)cc1COc1ccc(Cl)cc1Cl. The molecule has 23 heavy (non-hydrogen) atoms. The summed E-state index contributed by atoms with van der Waals surface area (Å²) in [6, 6.07) is 10.5. The van der Waals surface area contributed by atoms with E-state index in [-0.39, 0.29) is 6.61 Å². The van der Waals surface area contributed by atoms with Crippen molar-refractivity contribution in [1.29, 1.82) is 0 Å². The van der Waals surface area contributed by atoms with Crippen molar-refractivity contribution < 1.29 is 14.3 Å². The molecule has 6 heteroatoms. The quantitative estimate of drug-likeness (QED) is 0.797. The minimum atomic E-state index is -0.508. The van der Waals surface area contributed by atoms with Gasteiger partial charge in [0.2, 0.25) is 5.91 Å². The van der Waals surface area contributed by atoms with E-state index in [1.807, 2.05) is 12.1 Å². The van der Waals surface area contributed by atoms with Gasteiger partial charge in [0.15, 0.2) is 0 Å². The molecule has 0 aliphatic rings. The molecular formula is C17H15Cl2NO3. The number of primary amides is 1. The van der Waals surface area contributed by atoms with Crippen LogP contribution in [0.5, 0.6) is 11.5 Å². The molecule has 4 nitrogen and oxygen atoms in total. The predicted octanol–water partition coefficient (Wildman–Crippen LogP) is 4.08. The van der Waals surface area contributed by atoms with Crippen LogP contribution in [0.4, 0.5) is 0 Å². The molecule has 2 aromatic rings. The molecule has 0 unspecified atom stereocenters. The first-order chi connectivity index (χ1) is 11.0. The molecular weight excluding hydrogens is 337 g/mol. The maximum Gasteiger partial charge on any atom is 0.241 e. The number of hydrogen-bond acceptors (Lipinski definition) is 3. The molecule has 2 rings (SSSR count). The summed E-state index contributed by atoms with van der Waals surface area (Å²) in [5.74, 6) is 0.689. The molecule has 1 amide bonds. The van der Waals surface area contributed by atoms with Gasteiger partial charge < -0.3 is 15.2 Å². The van der Waals surface area contributed by atoms with Gasteiger partial charge in [0.05, 0.1) is 12.1 Å². The van der Waals surface area contributed by atoms with E-state index >= 15 is 0 Å². The van der Waals surface area contributed by atoms with Gasteiger partial charge in [0.1, 0.15) is 18.1 Å². The molecule has 0 saturated heterocycles. The molecule has 0 saturated carbocycles. The van der Waals surface area contributed by atoms with Crippen molar-refractivity contribution in [2.75, 3.05) is 7.11 Å². The Bertz CT molecular complexity index is 745. The Kier molecular flexibility index (Phi) is 5.90. The van der Waals surface area contributed by atoms with Crippen molar-refractivity contribution in [3.8, 4) is 11.5 Å². The standard InChI is InChI=1S/C17H15Cl2NO3/c1-22-15-5-2-11(3-7-17(20)21)8-12(15)10-23-16-6-4-13(18)9-14(16)19/h2-9H,10H2,1H3,(H2,20,21)/b7-3-. The molecule has 120 valence electrons. The van der Waals surface area contributed by atoms with E-state index < -0.39 is 5.91 Å². The van der Waals surface area contributed by atoms with E-state index in [4.69, 9.17) is 38.4 Å². The van der Waals surface area contributed by atoms with Crippen LogP contribution in [0.3, 0.4) is 0 Å². The molecule has 0 spiro atoms. The van der Waals surface area contributed by atoms with Crippen LogP contribution >= 0.6 is 23.2 Å². The molecule has 0 aliphatic heterocycles. The lowest BCUT2D eigenvalue weighted by Gasteiger charge is -2.12. The molecule has 0 bridgehead atoms. The van der Waals surface area contributed by atoms with Gasteiger partial charge in [-0.1, -0.05) is 29.3 Å². The molecule has 0 fully saturated rings. The maximum absolute atomic E-state index is 10.8. The van der Waals surface area contributed by atoms with E-state index in [0.29, 0.717) is 21.5 Å². The second-order valence-electron chi connectivity index (χ2n) is 4.67. The number of methoxy groups -OCH3 is 1. The van der Waals surface area contributed by atoms with Gasteiger partial charge in [-0.25, -0.2) is 0 Å². The first-order valence-corrected chi connectivity index (χ1v) is 7.47.